The smallest absolute Gasteiger partial charge is 0.273 e. The Morgan fingerprint density at radius 1 is 1.18 bits per heavy atom. The molecule has 0 atom stereocenters. The lowest BCUT2D eigenvalue weighted by atomic mass is 10.1. The van der Waals surface area contributed by atoms with Crippen molar-refractivity contribution in [2.24, 2.45) is 0 Å². The zero-order chi connectivity index (χ0) is 23.5. The van der Waals surface area contributed by atoms with Gasteiger partial charge >= 0.3 is 0 Å². The molecule has 10 heteroatoms. The van der Waals surface area contributed by atoms with Crippen molar-refractivity contribution in [1.82, 2.24) is 4.57 Å². The molecule has 0 spiro atoms. The maximum Gasteiger partial charge on any atom is 0.273 e. The van der Waals surface area contributed by atoms with E-state index in [4.69, 9.17) is 21.4 Å². The molecule has 2 N–H and O–H groups in total. The van der Waals surface area contributed by atoms with Crippen LogP contribution < -0.4 is 20.5 Å². The van der Waals surface area contributed by atoms with Gasteiger partial charge in [0.05, 0.1) is 37.6 Å². The Morgan fingerprint density at radius 2 is 2.00 bits per heavy atom. The number of carbonyl (C=O) groups is 1. The molecule has 0 saturated heterocycles. The predicted molar refractivity (Wildman–Crippen MR) is 120 cm³/mol. The maximum atomic E-state index is 13.8. The van der Waals surface area contributed by atoms with Crippen molar-refractivity contribution in [3.05, 3.63) is 86.8 Å². The lowest BCUT2D eigenvalue weighted by Crippen LogP contribution is -2.31. The number of benzene rings is 2. The Labute approximate surface area is 192 Å². The molecule has 1 amide bonds. The summed E-state index contributed by atoms with van der Waals surface area (Å²) in [5.41, 5.74) is 1.85. The molecular formula is C23H20ClF2N3O4. The first-order valence-electron chi connectivity index (χ1n) is 10.1. The number of hydrogen-bond donors (Lipinski definition) is 2. The van der Waals surface area contributed by atoms with Crippen LogP contribution in [0.15, 0.2) is 53.5 Å². The summed E-state index contributed by atoms with van der Waals surface area (Å²) in [5.74, 6) is -1.57. The van der Waals surface area contributed by atoms with Crippen molar-refractivity contribution in [1.29, 1.82) is 0 Å². The Kier molecular flexibility index (Phi) is 6.62. The number of ether oxygens (including phenoxy) is 1. The highest BCUT2D eigenvalue weighted by molar-refractivity contribution is 6.31. The summed E-state index contributed by atoms with van der Waals surface area (Å²) in [6, 6.07) is 10.1. The van der Waals surface area contributed by atoms with E-state index < -0.39 is 17.2 Å². The third-order valence-corrected chi connectivity index (χ3v) is 5.58. The molecule has 3 aromatic rings. The standard InChI is InChI=1S/C23H20ClF2N3O4/c24-22-20(33-12-15-2-3-16(25)10-17(15)26)5-7-28(23(22)32)11-14-1-4-18-19(9-14)29(13-27-18)21(31)6-8-30/h1-5,7,9-10,27,30H,6,8,11-13H2. The number of aliphatic hydroxyl groups excluding tert-OH is 1. The third-order valence-electron chi connectivity index (χ3n) is 5.23. The summed E-state index contributed by atoms with van der Waals surface area (Å²) in [7, 11) is 0. The highest BCUT2D eigenvalue weighted by Gasteiger charge is 2.24. The summed E-state index contributed by atoms with van der Waals surface area (Å²) >= 11 is 6.19. The maximum absolute atomic E-state index is 13.8. The first-order valence-corrected chi connectivity index (χ1v) is 10.5. The van der Waals surface area contributed by atoms with Crippen molar-refractivity contribution < 1.29 is 23.4 Å². The fraction of sp³-hybridized carbons (Fsp3) is 0.217. The normalized spacial score (nSPS) is 12.4. The molecule has 172 valence electrons. The van der Waals surface area contributed by atoms with Gasteiger partial charge in [-0.25, -0.2) is 8.78 Å². The van der Waals surface area contributed by atoms with E-state index in [-0.39, 0.29) is 48.4 Å². The number of hydrogen-bond acceptors (Lipinski definition) is 5. The number of rotatable bonds is 7. The molecule has 7 nitrogen and oxygen atoms in total. The van der Waals surface area contributed by atoms with Crippen molar-refractivity contribution >= 4 is 28.9 Å². The third kappa shape index (κ3) is 4.84. The first-order chi connectivity index (χ1) is 15.9. The van der Waals surface area contributed by atoms with Crippen LogP contribution in [-0.4, -0.2) is 28.9 Å². The molecule has 0 aliphatic carbocycles. The summed E-state index contributed by atoms with van der Waals surface area (Å²) in [5, 5.41) is 12.0. The van der Waals surface area contributed by atoms with Crippen LogP contribution in [0.5, 0.6) is 5.75 Å². The number of halogens is 3. The summed E-state index contributed by atoms with van der Waals surface area (Å²) in [4.78, 5) is 26.5. The molecule has 0 bridgehead atoms. The fourth-order valence-corrected chi connectivity index (χ4v) is 3.73. The van der Waals surface area contributed by atoms with Gasteiger partial charge in [0.25, 0.3) is 5.56 Å². The van der Waals surface area contributed by atoms with E-state index in [1.165, 1.54) is 27.8 Å². The van der Waals surface area contributed by atoms with Crippen LogP contribution in [-0.2, 0) is 17.9 Å². The van der Waals surface area contributed by atoms with Crippen LogP contribution in [0.4, 0.5) is 20.2 Å². The monoisotopic (exact) mass is 475 g/mol. The Morgan fingerprint density at radius 3 is 2.76 bits per heavy atom. The number of carbonyl (C=O) groups excluding carboxylic acids is 1. The van der Waals surface area contributed by atoms with E-state index in [2.05, 4.69) is 5.32 Å². The number of nitrogens with zero attached hydrogens (tertiary/aromatic N) is 2. The van der Waals surface area contributed by atoms with Gasteiger partial charge in [-0.1, -0.05) is 17.7 Å². The summed E-state index contributed by atoms with van der Waals surface area (Å²) in [6.07, 6.45) is 1.52. The number of amides is 1. The Bertz CT molecular complexity index is 1260. The lowest BCUT2D eigenvalue weighted by molar-refractivity contribution is -0.119. The molecule has 1 aliphatic heterocycles. The molecular weight excluding hydrogens is 456 g/mol. The molecule has 0 saturated carbocycles. The van der Waals surface area contributed by atoms with Crippen molar-refractivity contribution in [2.75, 3.05) is 23.5 Å². The first kappa shape index (κ1) is 22.8. The molecule has 4 rings (SSSR count). The van der Waals surface area contributed by atoms with Gasteiger partial charge in [-0.3, -0.25) is 14.5 Å². The Balaban J connectivity index is 1.51. The van der Waals surface area contributed by atoms with Crippen LogP contribution in [0.1, 0.15) is 17.5 Å². The van der Waals surface area contributed by atoms with Gasteiger partial charge in [0.2, 0.25) is 5.91 Å². The average Bonchev–Trinajstić information content (AvgIpc) is 3.21. The average molecular weight is 476 g/mol. The van der Waals surface area contributed by atoms with Gasteiger partial charge in [0.15, 0.2) is 0 Å². The largest absolute Gasteiger partial charge is 0.487 e. The zero-order valence-corrected chi connectivity index (χ0v) is 18.1. The van der Waals surface area contributed by atoms with Gasteiger partial charge in [0, 0.05) is 17.8 Å². The van der Waals surface area contributed by atoms with Crippen molar-refractivity contribution in [3.8, 4) is 5.75 Å². The molecule has 2 aromatic carbocycles. The number of aliphatic hydroxyl groups is 1. The molecule has 2 heterocycles. The highest BCUT2D eigenvalue weighted by Crippen LogP contribution is 2.33. The van der Waals surface area contributed by atoms with Crippen LogP contribution in [0.2, 0.25) is 5.02 Å². The van der Waals surface area contributed by atoms with Crippen molar-refractivity contribution in [3.63, 3.8) is 0 Å². The van der Waals surface area contributed by atoms with Crippen LogP contribution in [0.3, 0.4) is 0 Å². The number of aromatic nitrogens is 1. The minimum Gasteiger partial charge on any atom is -0.487 e. The van der Waals surface area contributed by atoms with Gasteiger partial charge in [0.1, 0.15) is 29.0 Å². The molecule has 0 fully saturated rings. The van der Waals surface area contributed by atoms with Crippen molar-refractivity contribution in [2.45, 2.75) is 19.6 Å². The molecule has 0 unspecified atom stereocenters. The SMILES string of the molecule is O=C(CCO)N1CNc2ccc(Cn3ccc(OCc4ccc(F)cc4F)c(Cl)c3=O)cc21. The lowest BCUT2D eigenvalue weighted by Gasteiger charge is -2.16. The van der Waals surface area contributed by atoms with E-state index in [1.54, 1.807) is 6.07 Å². The number of anilines is 2. The van der Waals surface area contributed by atoms with Gasteiger partial charge in [-0.2, -0.15) is 0 Å². The van der Waals surface area contributed by atoms with E-state index in [9.17, 15) is 18.4 Å². The van der Waals surface area contributed by atoms with Crippen LogP contribution >= 0.6 is 11.6 Å². The number of nitrogens with one attached hydrogen (secondary N) is 1. The van der Waals surface area contributed by atoms with E-state index in [0.29, 0.717) is 12.4 Å². The second-order valence-electron chi connectivity index (χ2n) is 7.43. The van der Waals surface area contributed by atoms with Crippen LogP contribution in [0.25, 0.3) is 0 Å². The van der Waals surface area contributed by atoms with Crippen LogP contribution in [0, 0.1) is 11.6 Å². The number of fused-ring (bicyclic) bond motifs is 1. The van der Waals surface area contributed by atoms with E-state index >= 15 is 0 Å². The minimum atomic E-state index is -0.753. The summed E-state index contributed by atoms with van der Waals surface area (Å²) in [6.45, 7) is 0.0517. The van der Waals surface area contributed by atoms with Gasteiger partial charge in [-0.05, 0) is 35.9 Å². The second kappa shape index (κ2) is 9.60. The minimum absolute atomic E-state index is 0.0176. The molecule has 1 aromatic heterocycles. The number of pyridine rings is 1. The molecule has 0 radical (unpaired) electrons. The topological polar surface area (TPSA) is 83.8 Å². The predicted octanol–water partition coefficient (Wildman–Crippen LogP) is 3.51. The van der Waals surface area contributed by atoms with E-state index in [0.717, 1.165) is 23.4 Å². The quantitative estimate of drug-likeness (QED) is 0.546. The second-order valence-corrected chi connectivity index (χ2v) is 7.81. The highest BCUT2D eigenvalue weighted by atomic mass is 35.5. The fourth-order valence-electron chi connectivity index (χ4n) is 3.51. The molecule has 1 aliphatic rings. The van der Waals surface area contributed by atoms with Gasteiger partial charge < -0.3 is 19.7 Å². The van der Waals surface area contributed by atoms with Gasteiger partial charge in [-0.15, -0.1) is 0 Å². The molecule has 33 heavy (non-hydrogen) atoms. The Hall–Kier alpha value is -3.43. The summed E-state index contributed by atoms with van der Waals surface area (Å²) < 4.78 is 33.7. The van der Waals surface area contributed by atoms with E-state index in [1.807, 2.05) is 12.1 Å². The zero-order valence-electron chi connectivity index (χ0n) is 17.4.